The standard InChI is InChI=1S/C19H21ClN2O3/c1-9-3-6-13(8-14(9)20)21-17(23)10(2)22-18(24)15-11-4-5-12(7-11)16(15)19(22)25/h3,6,8,10-12,15-16H,4-5,7H2,1-2H3,(H,21,23)/t10-,11-,12-,15+,16+/m0/s1. The van der Waals surface area contributed by atoms with Crippen LogP contribution in [0.15, 0.2) is 18.2 Å². The number of amides is 3. The van der Waals surface area contributed by atoms with Crippen LogP contribution in [0, 0.1) is 30.6 Å². The molecule has 5 nitrogen and oxygen atoms in total. The molecule has 0 radical (unpaired) electrons. The zero-order valence-electron chi connectivity index (χ0n) is 14.3. The maximum absolute atomic E-state index is 12.8. The number of imide groups is 1. The van der Waals surface area contributed by atoms with Crippen molar-refractivity contribution in [3.8, 4) is 0 Å². The summed E-state index contributed by atoms with van der Waals surface area (Å²) >= 11 is 6.08. The Morgan fingerprint density at radius 3 is 2.36 bits per heavy atom. The topological polar surface area (TPSA) is 66.5 Å². The Bertz CT molecular complexity index is 750. The highest BCUT2D eigenvalue weighted by molar-refractivity contribution is 6.31. The molecular weight excluding hydrogens is 340 g/mol. The average molecular weight is 361 g/mol. The molecule has 1 N–H and O–H groups in total. The lowest BCUT2D eigenvalue weighted by molar-refractivity contribution is -0.146. The number of likely N-dealkylation sites (tertiary alicyclic amines) is 1. The molecule has 4 rings (SSSR count). The molecule has 0 spiro atoms. The minimum Gasteiger partial charge on any atom is -0.324 e. The van der Waals surface area contributed by atoms with E-state index in [0.717, 1.165) is 24.8 Å². The van der Waals surface area contributed by atoms with Crippen LogP contribution in [0.2, 0.25) is 5.02 Å². The lowest BCUT2D eigenvalue weighted by Gasteiger charge is -2.23. The van der Waals surface area contributed by atoms with Crippen molar-refractivity contribution >= 4 is 35.0 Å². The van der Waals surface area contributed by atoms with Gasteiger partial charge in [0, 0.05) is 10.7 Å². The normalized spacial score (nSPS) is 31.4. The number of carbonyl (C=O) groups excluding carboxylic acids is 3. The number of anilines is 1. The average Bonchev–Trinajstić information content (AvgIpc) is 3.24. The van der Waals surface area contributed by atoms with E-state index in [1.807, 2.05) is 13.0 Å². The van der Waals surface area contributed by atoms with Crippen molar-refractivity contribution in [2.75, 3.05) is 5.32 Å². The predicted octanol–water partition coefficient (Wildman–Crippen LogP) is 3.01. The van der Waals surface area contributed by atoms with Crippen molar-refractivity contribution in [2.24, 2.45) is 23.7 Å². The zero-order chi connectivity index (χ0) is 17.9. The Morgan fingerprint density at radius 1 is 1.20 bits per heavy atom. The minimum atomic E-state index is -0.815. The molecule has 3 fully saturated rings. The van der Waals surface area contributed by atoms with E-state index in [-0.39, 0.29) is 29.6 Å². The SMILES string of the molecule is Cc1ccc(NC(=O)[C@H](C)N2C(=O)[C@@H]3[C@H]4CC[C@@H](C4)[C@H]3C2=O)cc1Cl. The Morgan fingerprint density at radius 2 is 1.80 bits per heavy atom. The van der Waals surface area contributed by atoms with Gasteiger partial charge in [0.1, 0.15) is 6.04 Å². The second-order valence-corrected chi connectivity index (χ2v) is 7.97. The van der Waals surface area contributed by atoms with Crippen molar-refractivity contribution in [1.29, 1.82) is 0 Å². The van der Waals surface area contributed by atoms with Crippen molar-refractivity contribution in [2.45, 2.75) is 39.2 Å². The molecule has 5 atom stereocenters. The Hall–Kier alpha value is -1.88. The molecule has 2 saturated carbocycles. The van der Waals surface area contributed by atoms with Crippen LogP contribution >= 0.6 is 11.6 Å². The van der Waals surface area contributed by atoms with Gasteiger partial charge >= 0.3 is 0 Å². The summed E-state index contributed by atoms with van der Waals surface area (Å²) in [5.74, 6) is -0.441. The van der Waals surface area contributed by atoms with E-state index in [1.165, 1.54) is 4.90 Å². The smallest absolute Gasteiger partial charge is 0.247 e. The second-order valence-electron chi connectivity index (χ2n) is 7.56. The maximum atomic E-state index is 12.8. The van der Waals surface area contributed by atoms with Crippen molar-refractivity contribution < 1.29 is 14.4 Å². The van der Waals surface area contributed by atoms with Crippen molar-refractivity contribution in [3.05, 3.63) is 28.8 Å². The van der Waals surface area contributed by atoms with Crippen LogP contribution in [0.5, 0.6) is 0 Å². The minimum absolute atomic E-state index is 0.160. The number of benzene rings is 1. The molecule has 1 aliphatic heterocycles. The van der Waals surface area contributed by atoms with E-state index >= 15 is 0 Å². The van der Waals surface area contributed by atoms with Crippen LogP contribution < -0.4 is 5.32 Å². The highest BCUT2D eigenvalue weighted by Gasteiger charge is 2.62. The zero-order valence-corrected chi connectivity index (χ0v) is 15.0. The van der Waals surface area contributed by atoms with Crippen molar-refractivity contribution in [1.82, 2.24) is 4.90 Å². The number of aryl methyl sites for hydroxylation is 1. The number of fused-ring (bicyclic) bond motifs is 5. The van der Waals surface area contributed by atoms with E-state index in [0.29, 0.717) is 22.5 Å². The molecule has 6 heteroatoms. The number of nitrogens with one attached hydrogen (secondary N) is 1. The molecule has 0 aromatic heterocycles. The van der Waals surface area contributed by atoms with Gasteiger partial charge in [-0.25, -0.2) is 0 Å². The van der Waals surface area contributed by atoms with E-state index in [1.54, 1.807) is 19.1 Å². The van der Waals surface area contributed by atoms with Crippen LogP contribution in [0.25, 0.3) is 0 Å². The summed E-state index contributed by atoms with van der Waals surface area (Å²) in [5.41, 5.74) is 1.48. The van der Waals surface area contributed by atoms with Gasteiger partial charge < -0.3 is 5.32 Å². The largest absolute Gasteiger partial charge is 0.324 e. The fourth-order valence-corrected chi connectivity index (χ4v) is 5.03. The first-order valence-corrected chi connectivity index (χ1v) is 9.20. The van der Waals surface area contributed by atoms with Crippen LogP contribution in [-0.4, -0.2) is 28.7 Å². The number of hydrogen-bond donors (Lipinski definition) is 1. The molecule has 25 heavy (non-hydrogen) atoms. The first-order chi connectivity index (χ1) is 11.9. The molecule has 1 saturated heterocycles. The van der Waals surface area contributed by atoms with Gasteiger partial charge in [-0.2, -0.15) is 0 Å². The molecular formula is C19H21ClN2O3. The summed E-state index contributed by atoms with van der Waals surface area (Å²) in [7, 11) is 0. The van der Waals surface area contributed by atoms with E-state index < -0.39 is 6.04 Å². The molecule has 0 unspecified atom stereocenters. The second kappa shape index (κ2) is 5.84. The predicted molar refractivity (Wildman–Crippen MR) is 93.9 cm³/mol. The van der Waals surface area contributed by atoms with Gasteiger partial charge in [-0.1, -0.05) is 17.7 Å². The highest BCUT2D eigenvalue weighted by Crippen LogP contribution is 2.56. The Balaban J connectivity index is 1.51. The number of halogens is 1. The number of hydrogen-bond acceptors (Lipinski definition) is 3. The van der Waals surface area contributed by atoms with Gasteiger partial charge in [0.05, 0.1) is 11.8 Å². The number of nitrogens with zero attached hydrogens (tertiary/aromatic N) is 1. The van der Waals surface area contributed by atoms with Gasteiger partial charge in [-0.05, 0) is 62.6 Å². The molecule has 2 aliphatic carbocycles. The van der Waals surface area contributed by atoms with Crippen LogP contribution in [0.1, 0.15) is 31.7 Å². The van der Waals surface area contributed by atoms with E-state index in [9.17, 15) is 14.4 Å². The lowest BCUT2D eigenvalue weighted by atomic mass is 9.81. The highest BCUT2D eigenvalue weighted by atomic mass is 35.5. The molecule has 1 aromatic carbocycles. The van der Waals surface area contributed by atoms with E-state index in [2.05, 4.69) is 5.32 Å². The summed E-state index contributed by atoms with van der Waals surface area (Å²) in [4.78, 5) is 39.4. The Kier molecular flexibility index (Phi) is 3.87. The van der Waals surface area contributed by atoms with Gasteiger partial charge in [0.25, 0.3) is 0 Å². The Labute approximate surface area is 151 Å². The van der Waals surface area contributed by atoms with Crippen LogP contribution in [-0.2, 0) is 14.4 Å². The molecule has 3 aliphatic rings. The first-order valence-electron chi connectivity index (χ1n) is 8.82. The third-order valence-electron chi connectivity index (χ3n) is 6.17. The molecule has 2 bridgehead atoms. The fraction of sp³-hybridized carbons (Fsp3) is 0.526. The van der Waals surface area contributed by atoms with Crippen LogP contribution in [0.3, 0.4) is 0 Å². The number of rotatable bonds is 3. The van der Waals surface area contributed by atoms with Gasteiger partial charge in [-0.3, -0.25) is 19.3 Å². The first kappa shape index (κ1) is 16.6. The van der Waals surface area contributed by atoms with Crippen LogP contribution in [0.4, 0.5) is 5.69 Å². The molecule has 1 heterocycles. The van der Waals surface area contributed by atoms with Gasteiger partial charge in [0.2, 0.25) is 17.7 Å². The third kappa shape index (κ3) is 2.48. The molecule has 1 aromatic rings. The summed E-state index contributed by atoms with van der Waals surface area (Å²) in [6.45, 7) is 3.50. The number of carbonyl (C=O) groups is 3. The maximum Gasteiger partial charge on any atom is 0.247 e. The van der Waals surface area contributed by atoms with Gasteiger partial charge in [0.15, 0.2) is 0 Å². The lowest BCUT2D eigenvalue weighted by Crippen LogP contribution is -2.46. The molecule has 132 valence electrons. The monoisotopic (exact) mass is 360 g/mol. The van der Waals surface area contributed by atoms with E-state index in [4.69, 9.17) is 11.6 Å². The summed E-state index contributed by atoms with van der Waals surface area (Å²) < 4.78 is 0. The third-order valence-corrected chi connectivity index (χ3v) is 6.57. The quantitative estimate of drug-likeness (QED) is 0.842. The van der Waals surface area contributed by atoms with Crippen molar-refractivity contribution in [3.63, 3.8) is 0 Å². The summed E-state index contributed by atoms with van der Waals surface area (Å²) in [5, 5.41) is 3.32. The molecule has 3 amide bonds. The fourth-order valence-electron chi connectivity index (χ4n) is 4.85. The van der Waals surface area contributed by atoms with Gasteiger partial charge in [-0.15, -0.1) is 0 Å². The summed E-state index contributed by atoms with van der Waals surface area (Å²) in [6.07, 6.45) is 3.05. The summed E-state index contributed by atoms with van der Waals surface area (Å²) in [6, 6.07) is 4.43.